The number of sulfonamides is 1. The van der Waals surface area contributed by atoms with Crippen LogP contribution in [0.3, 0.4) is 0 Å². The molecule has 1 aliphatic rings. The molecule has 1 aliphatic heterocycles. The van der Waals surface area contributed by atoms with Gasteiger partial charge in [0.05, 0.1) is 15.5 Å². The first-order chi connectivity index (χ1) is 9.27. The second-order valence-corrected chi connectivity index (χ2v) is 9.01. The summed E-state index contributed by atoms with van der Waals surface area (Å²) in [5, 5.41) is 0. The van der Waals surface area contributed by atoms with Gasteiger partial charge < -0.3 is 5.73 Å². The first-order valence-corrected chi connectivity index (χ1v) is 9.45. The fourth-order valence-corrected chi connectivity index (χ4v) is 4.67. The number of rotatable bonds is 4. The van der Waals surface area contributed by atoms with Crippen molar-refractivity contribution in [3.05, 3.63) is 24.3 Å². The molecule has 1 fully saturated rings. The van der Waals surface area contributed by atoms with Crippen LogP contribution in [0.5, 0.6) is 0 Å². The Kier molecular flexibility index (Phi) is 4.19. The Morgan fingerprint density at radius 1 is 1.25 bits per heavy atom. The van der Waals surface area contributed by atoms with Gasteiger partial charge in [0.1, 0.15) is 0 Å². The summed E-state index contributed by atoms with van der Waals surface area (Å²) >= 11 is 0. The number of hydrogen-bond acceptors (Lipinski definition) is 5. The fraction of sp³-hybridized carbons (Fsp3) is 0.500. The molecule has 0 saturated carbocycles. The Balaban J connectivity index is 2.41. The molecule has 0 amide bonds. The van der Waals surface area contributed by atoms with Crippen LogP contribution in [0.25, 0.3) is 0 Å². The van der Waals surface area contributed by atoms with Gasteiger partial charge in [0, 0.05) is 19.1 Å². The molecule has 1 aromatic carbocycles. The third-order valence-electron chi connectivity index (χ3n) is 3.37. The minimum atomic E-state index is -3.67. The number of hydrogen-bond donors (Lipinski definition) is 1. The summed E-state index contributed by atoms with van der Waals surface area (Å²) in [6, 6.07) is 5.33. The molecule has 1 heterocycles. The summed E-state index contributed by atoms with van der Waals surface area (Å²) in [6.07, 6.45) is 0.617. The van der Waals surface area contributed by atoms with Crippen molar-refractivity contribution in [1.82, 2.24) is 4.31 Å². The smallest absolute Gasteiger partial charge is 0.243 e. The lowest BCUT2D eigenvalue weighted by molar-refractivity contribution is 0.472. The van der Waals surface area contributed by atoms with Crippen LogP contribution in [0.15, 0.2) is 34.1 Å². The van der Waals surface area contributed by atoms with Crippen molar-refractivity contribution < 1.29 is 16.8 Å². The molecule has 2 rings (SSSR count). The molecule has 2 N–H and O–H groups in total. The molecule has 112 valence electrons. The van der Waals surface area contributed by atoms with Gasteiger partial charge in [-0.2, -0.15) is 4.31 Å². The zero-order chi connectivity index (χ0) is 15.0. The molecule has 0 bridgehead atoms. The molecular formula is C12H18N2O4S2. The van der Waals surface area contributed by atoms with Crippen molar-refractivity contribution >= 4 is 19.9 Å². The van der Waals surface area contributed by atoms with E-state index in [2.05, 4.69) is 0 Å². The van der Waals surface area contributed by atoms with Crippen LogP contribution in [-0.4, -0.2) is 46.0 Å². The minimum Gasteiger partial charge on any atom is -0.326 e. The third-order valence-corrected chi connectivity index (χ3v) is 6.96. The van der Waals surface area contributed by atoms with E-state index in [0.29, 0.717) is 13.0 Å². The Bertz CT molecular complexity index is 698. The molecular weight excluding hydrogens is 300 g/mol. The minimum absolute atomic E-state index is 0.00104. The summed E-state index contributed by atoms with van der Waals surface area (Å²) in [5.74, 6) is -0.0644. The molecule has 0 unspecified atom stereocenters. The van der Waals surface area contributed by atoms with Crippen LogP contribution in [-0.2, 0) is 19.9 Å². The first-order valence-electron chi connectivity index (χ1n) is 6.36. The number of nitrogens with zero attached hydrogens (tertiary/aromatic N) is 1. The third kappa shape index (κ3) is 2.88. The van der Waals surface area contributed by atoms with E-state index < -0.39 is 19.9 Å². The van der Waals surface area contributed by atoms with Crippen molar-refractivity contribution in [3.8, 4) is 0 Å². The summed E-state index contributed by atoms with van der Waals surface area (Å²) in [4.78, 5) is 0.0331. The second kappa shape index (κ2) is 5.44. The Hall–Kier alpha value is -0.960. The van der Waals surface area contributed by atoms with Crippen LogP contribution in [0.2, 0.25) is 0 Å². The molecule has 1 aromatic rings. The van der Waals surface area contributed by atoms with Gasteiger partial charge >= 0.3 is 0 Å². The molecule has 1 saturated heterocycles. The zero-order valence-electron chi connectivity index (χ0n) is 11.2. The van der Waals surface area contributed by atoms with E-state index in [1.54, 1.807) is 0 Å². The van der Waals surface area contributed by atoms with E-state index in [9.17, 15) is 16.8 Å². The van der Waals surface area contributed by atoms with Gasteiger partial charge in [0.15, 0.2) is 9.84 Å². The van der Waals surface area contributed by atoms with Crippen molar-refractivity contribution in [1.29, 1.82) is 0 Å². The van der Waals surface area contributed by atoms with Crippen LogP contribution in [0, 0.1) is 0 Å². The Morgan fingerprint density at radius 2 is 1.90 bits per heavy atom. The summed E-state index contributed by atoms with van der Waals surface area (Å²) in [6.45, 7) is 2.16. The second-order valence-electron chi connectivity index (χ2n) is 4.79. The molecule has 0 spiro atoms. The van der Waals surface area contributed by atoms with E-state index >= 15 is 0 Å². The van der Waals surface area contributed by atoms with Gasteiger partial charge in [0.25, 0.3) is 0 Å². The molecule has 0 aromatic heterocycles. The van der Waals surface area contributed by atoms with Gasteiger partial charge in [-0.3, -0.25) is 0 Å². The number of benzene rings is 1. The van der Waals surface area contributed by atoms with E-state index in [-0.39, 0.29) is 28.1 Å². The SMILES string of the molecule is CCS(=O)(=O)c1cccc(S(=O)(=O)N2CC[C@@H](N)C2)c1. The standard InChI is InChI=1S/C12H18N2O4S2/c1-2-19(15,16)11-4-3-5-12(8-11)20(17,18)14-7-6-10(13)9-14/h3-5,8,10H,2,6-7,9,13H2,1H3/t10-/m1/s1. The molecule has 0 aliphatic carbocycles. The first kappa shape index (κ1) is 15.4. The summed E-state index contributed by atoms with van der Waals surface area (Å²) < 4.78 is 49.8. The van der Waals surface area contributed by atoms with Crippen LogP contribution in [0.1, 0.15) is 13.3 Å². The largest absolute Gasteiger partial charge is 0.326 e. The molecule has 0 radical (unpaired) electrons. The molecule has 20 heavy (non-hydrogen) atoms. The van der Waals surface area contributed by atoms with E-state index in [4.69, 9.17) is 5.73 Å². The van der Waals surface area contributed by atoms with E-state index in [1.807, 2.05) is 0 Å². The number of nitrogens with two attached hydrogens (primary N) is 1. The van der Waals surface area contributed by atoms with Gasteiger partial charge in [-0.25, -0.2) is 16.8 Å². The van der Waals surface area contributed by atoms with Gasteiger partial charge in [-0.15, -0.1) is 0 Å². The zero-order valence-corrected chi connectivity index (χ0v) is 12.8. The van der Waals surface area contributed by atoms with Gasteiger partial charge in [-0.1, -0.05) is 13.0 Å². The van der Waals surface area contributed by atoms with Crippen molar-refractivity contribution in [2.24, 2.45) is 5.73 Å². The van der Waals surface area contributed by atoms with Crippen LogP contribution in [0.4, 0.5) is 0 Å². The Labute approximate surface area is 119 Å². The topological polar surface area (TPSA) is 97.5 Å². The van der Waals surface area contributed by atoms with Crippen molar-refractivity contribution in [3.63, 3.8) is 0 Å². The van der Waals surface area contributed by atoms with Crippen LogP contribution < -0.4 is 5.73 Å². The highest BCUT2D eigenvalue weighted by atomic mass is 32.2. The summed E-state index contributed by atoms with van der Waals surface area (Å²) in [5.41, 5.74) is 5.72. The predicted octanol–water partition coefficient (Wildman–Crippen LogP) is 0.202. The van der Waals surface area contributed by atoms with Crippen molar-refractivity contribution in [2.75, 3.05) is 18.8 Å². The highest BCUT2D eigenvalue weighted by Gasteiger charge is 2.31. The van der Waals surface area contributed by atoms with Gasteiger partial charge in [-0.05, 0) is 24.6 Å². The maximum atomic E-state index is 12.4. The van der Waals surface area contributed by atoms with Gasteiger partial charge in [0.2, 0.25) is 10.0 Å². The fourth-order valence-electron chi connectivity index (χ4n) is 2.12. The molecule has 6 nitrogen and oxygen atoms in total. The van der Waals surface area contributed by atoms with Crippen LogP contribution >= 0.6 is 0 Å². The predicted molar refractivity (Wildman–Crippen MR) is 75.5 cm³/mol. The maximum absolute atomic E-state index is 12.4. The lowest BCUT2D eigenvalue weighted by atomic mass is 10.3. The lowest BCUT2D eigenvalue weighted by Crippen LogP contribution is -2.32. The highest BCUT2D eigenvalue weighted by Crippen LogP contribution is 2.23. The maximum Gasteiger partial charge on any atom is 0.243 e. The molecule has 8 heteroatoms. The Morgan fingerprint density at radius 3 is 2.45 bits per heavy atom. The normalized spacial score (nSPS) is 21.2. The van der Waals surface area contributed by atoms with Crippen molar-refractivity contribution in [2.45, 2.75) is 29.2 Å². The monoisotopic (exact) mass is 318 g/mol. The number of sulfone groups is 1. The average molecular weight is 318 g/mol. The quantitative estimate of drug-likeness (QED) is 0.855. The lowest BCUT2D eigenvalue weighted by Gasteiger charge is -2.16. The van der Waals surface area contributed by atoms with E-state index in [0.717, 1.165) is 0 Å². The highest BCUT2D eigenvalue weighted by molar-refractivity contribution is 7.91. The van der Waals surface area contributed by atoms with E-state index in [1.165, 1.54) is 35.5 Å². The molecule has 1 atom stereocenters. The average Bonchev–Trinajstić information content (AvgIpc) is 2.86. The summed E-state index contributed by atoms with van der Waals surface area (Å²) in [7, 11) is -7.10.